The molecule has 7 heteroatoms. The highest BCUT2D eigenvalue weighted by Gasteiger charge is 2.32. The van der Waals surface area contributed by atoms with Crippen LogP contribution in [0.15, 0.2) is 0 Å². The molecule has 1 unspecified atom stereocenters. The highest BCUT2D eigenvalue weighted by molar-refractivity contribution is 7.89. The van der Waals surface area contributed by atoms with E-state index in [-0.39, 0.29) is 23.4 Å². The van der Waals surface area contributed by atoms with Crippen molar-refractivity contribution in [1.29, 1.82) is 0 Å². The normalized spacial score (nSPS) is 21.6. The summed E-state index contributed by atoms with van der Waals surface area (Å²) in [6.07, 6.45) is 1.51. The largest absolute Gasteiger partial charge is 0.333 e. The Morgan fingerprint density at radius 2 is 2.06 bits per heavy atom. The van der Waals surface area contributed by atoms with Crippen LogP contribution in [-0.4, -0.2) is 43.2 Å². The Hall–Kier alpha value is -0.820. The fourth-order valence-corrected chi connectivity index (χ4v) is 2.82. The lowest BCUT2D eigenvalue weighted by Crippen LogP contribution is -2.51. The van der Waals surface area contributed by atoms with Gasteiger partial charge in [-0.05, 0) is 33.6 Å². The molecule has 1 aliphatic heterocycles. The van der Waals surface area contributed by atoms with Crippen LogP contribution in [0, 0.1) is 0 Å². The lowest BCUT2D eigenvalue weighted by Gasteiger charge is -2.29. The Morgan fingerprint density at radius 1 is 1.47 bits per heavy atom. The van der Waals surface area contributed by atoms with Crippen LogP contribution < -0.4 is 10.5 Å². The van der Waals surface area contributed by atoms with E-state index >= 15 is 0 Å². The van der Waals surface area contributed by atoms with Gasteiger partial charge in [0.25, 0.3) is 0 Å². The Labute approximate surface area is 103 Å². The molecule has 0 saturated carbocycles. The average molecular weight is 263 g/mol. The zero-order valence-electron chi connectivity index (χ0n) is 10.6. The van der Waals surface area contributed by atoms with Crippen LogP contribution in [0.25, 0.3) is 0 Å². The van der Waals surface area contributed by atoms with Crippen molar-refractivity contribution in [3.63, 3.8) is 0 Å². The van der Waals surface area contributed by atoms with E-state index in [1.807, 2.05) is 20.8 Å². The number of hydrogen-bond acceptors (Lipinski definition) is 3. The number of amides is 2. The molecule has 17 heavy (non-hydrogen) atoms. The number of carbonyl (C=O) groups is 1. The predicted molar refractivity (Wildman–Crippen MR) is 66.0 cm³/mol. The number of carbonyl (C=O) groups excluding carboxylic acids is 1. The summed E-state index contributed by atoms with van der Waals surface area (Å²) in [5.41, 5.74) is -0.328. The van der Waals surface area contributed by atoms with E-state index in [2.05, 4.69) is 5.32 Å². The van der Waals surface area contributed by atoms with E-state index in [1.165, 1.54) is 0 Å². The van der Waals surface area contributed by atoms with Gasteiger partial charge in [0.05, 0.1) is 5.75 Å². The maximum absolute atomic E-state index is 11.9. The SMILES string of the molecule is CC(C)(C)NC(=O)N1CCCC1CS(N)(=O)=O. The van der Waals surface area contributed by atoms with Gasteiger partial charge in [0.1, 0.15) is 0 Å². The highest BCUT2D eigenvalue weighted by Crippen LogP contribution is 2.19. The van der Waals surface area contributed by atoms with Gasteiger partial charge in [0, 0.05) is 18.1 Å². The van der Waals surface area contributed by atoms with Crippen LogP contribution in [0.2, 0.25) is 0 Å². The summed E-state index contributed by atoms with van der Waals surface area (Å²) in [6, 6.07) is -0.518. The molecule has 1 atom stereocenters. The van der Waals surface area contributed by atoms with Crippen molar-refractivity contribution >= 4 is 16.1 Å². The maximum atomic E-state index is 11.9. The second-order valence-electron chi connectivity index (χ2n) is 5.50. The number of rotatable bonds is 2. The van der Waals surface area contributed by atoms with Crippen LogP contribution in [-0.2, 0) is 10.0 Å². The molecule has 0 bridgehead atoms. The van der Waals surface area contributed by atoms with Gasteiger partial charge >= 0.3 is 6.03 Å². The van der Waals surface area contributed by atoms with E-state index in [0.717, 1.165) is 6.42 Å². The summed E-state index contributed by atoms with van der Waals surface area (Å²) in [7, 11) is -3.54. The van der Waals surface area contributed by atoms with Gasteiger partial charge in [-0.25, -0.2) is 18.4 Å². The van der Waals surface area contributed by atoms with Gasteiger partial charge in [-0.15, -0.1) is 0 Å². The Morgan fingerprint density at radius 3 is 2.53 bits per heavy atom. The van der Waals surface area contributed by atoms with E-state index in [4.69, 9.17) is 5.14 Å². The molecule has 6 nitrogen and oxygen atoms in total. The maximum Gasteiger partial charge on any atom is 0.318 e. The topological polar surface area (TPSA) is 92.5 Å². The second kappa shape index (κ2) is 4.81. The first-order chi connectivity index (χ1) is 7.58. The van der Waals surface area contributed by atoms with Crippen LogP contribution in [0.5, 0.6) is 0 Å². The molecule has 1 saturated heterocycles. The zero-order chi connectivity index (χ0) is 13.3. The molecular formula is C10H21N3O3S. The average Bonchev–Trinajstić information content (AvgIpc) is 2.45. The van der Waals surface area contributed by atoms with Crippen molar-refractivity contribution in [1.82, 2.24) is 10.2 Å². The lowest BCUT2D eigenvalue weighted by molar-refractivity contribution is 0.187. The molecule has 1 fully saturated rings. The van der Waals surface area contributed by atoms with Crippen molar-refractivity contribution in [3.05, 3.63) is 0 Å². The molecule has 0 spiro atoms. The lowest BCUT2D eigenvalue weighted by atomic mass is 10.1. The van der Waals surface area contributed by atoms with Crippen molar-refractivity contribution in [2.45, 2.75) is 45.2 Å². The molecule has 0 radical (unpaired) electrons. The minimum absolute atomic E-state index is 0.162. The molecular weight excluding hydrogens is 242 g/mol. The minimum Gasteiger partial charge on any atom is -0.333 e. The van der Waals surface area contributed by atoms with E-state index in [0.29, 0.717) is 13.0 Å². The summed E-state index contributed by atoms with van der Waals surface area (Å²) >= 11 is 0. The van der Waals surface area contributed by atoms with Crippen LogP contribution >= 0.6 is 0 Å². The monoisotopic (exact) mass is 263 g/mol. The predicted octanol–water partition coefficient (Wildman–Crippen LogP) is 0.247. The molecule has 2 amide bonds. The van der Waals surface area contributed by atoms with Gasteiger partial charge in [0.2, 0.25) is 10.0 Å². The number of nitrogens with zero attached hydrogens (tertiary/aromatic N) is 1. The van der Waals surface area contributed by atoms with Gasteiger partial charge in [-0.1, -0.05) is 0 Å². The molecule has 100 valence electrons. The molecule has 1 rings (SSSR count). The third kappa shape index (κ3) is 4.91. The summed E-state index contributed by atoms with van der Waals surface area (Å²) < 4.78 is 22.1. The summed E-state index contributed by atoms with van der Waals surface area (Å²) in [6.45, 7) is 6.24. The Kier molecular flexibility index (Phi) is 4.03. The quantitative estimate of drug-likeness (QED) is 0.748. The van der Waals surface area contributed by atoms with Crippen LogP contribution in [0.1, 0.15) is 33.6 Å². The third-order valence-corrected chi connectivity index (χ3v) is 3.39. The smallest absolute Gasteiger partial charge is 0.318 e. The fraction of sp³-hybridized carbons (Fsp3) is 0.900. The Balaban J connectivity index is 2.66. The number of nitrogens with two attached hydrogens (primary N) is 1. The number of likely N-dealkylation sites (tertiary alicyclic amines) is 1. The van der Waals surface area contributed by atoms with E-state index in [1.54, 1.807) is 4.90 Å². The van der Waals surface area contributed by atoms with E-state index in [9.17, 15) is 13.2 Å². The number of nitrogens with one attached hydrogen (secondary N) is 1. The molecule has 1 aliphatic rings. The number of sulfonamides is 1. The molecule has 3 N–H and O–H groups in total. The van der Waals surface area contributed by atoms with Gasteiger partial charge in [-0.2, -0.15) is 0 Å². The zero-order valence-corrected chi connectivity index (χ0v) is 11.4. The molecule has 1 heterocycles. The van der Waals surface area contributed by atoms with E-state index < -0.39 is 10.0 Å². The van der Waals surface area contributed by atoms with Crippen molar-refractivity contribution in [3.8, 4) is 0 Å². The van der Waals surface area contributed by atoms with Crippen LogP contribution in [0.3, 0.4) is 0 Å². The second-order valence-corrected chi connectivity index (χ2v) is 7.16. The molecule has 0 aromatic heterocycles. The van der Waals surface area contributed by atoms with Crippen molar-refractivity contribution < 1.29 is 13.2 Å². The molecule has 0 aliphatic carbocycles. The number of urea groups is 1. The summed E-state index contributed by atoms with van der Waals surface area (Å²) in [5, 5.41) is 7.85. The van der Waals surface area contributed by atoms with Crippen molar-refractivity contribution in [2.24, 2.45) is 5.14 Å². The minimum atomic E-state index is -3.54. The first-order valence-electron chi connectivity index (χ1n) is 5.68. The standard InChI is InChI=1S/C10H21N3O3S/c1-10(2,3)12-9(14)13-6-4-5-8(13)7-17(11,15)16/h8H,4-7H2,1-3H3,(H,12,14)(H2,11,15,16). The molecule has 0 aromatic carbocycles. The van der Waals surface area contributed by atoms with Crippen molar-refractivity contribution in [2.75, 3.05) is 12.3 Å². The summed E-state index contributed by atoms with van der Waals surface area (Å²) in [4.78, 5) is 13.5. The number of hydrogen-bond donors (Lipinski definition) is 2. The Bertz CT molecular complexity index is 386. The van der Waals surface area contributed by atoms with Crippen LogP contribution in [0.4, 0.5) is 4.79 Å². The third-order valence-electron chi connectivity index (χ3n) is 2.54. The first-order valence-corrected chi connectivity index (χ1v) is 7.39. The van der Waals surface area contributed by atoms with Gasteiger partial charge in [0.15, 0.2) is 0 Å². The van der Waals surface area contributed by atoms with Gasteiger partial charge in [-0.3, -0.25) is 0 Å². The highest BCUT2D eigenvalue weighted by atomic mass is 32.2. The number of primary sulfonamides is 1. The van der Waals surface area contributed by atoms with Gasteiger partial charge < -0.3 is 10.2 Å². The first kappa shape index (κ1) is 14.2. The summed E-state index contributed by atoms with van der Waals surface area (Å²) in [5.74, 6) is -0.162. The molecule has 0 aromatic rings. The fourth-order valence-electron chi connectivity index (χ4n) is 1.94.